The standard InChI is InChI=1S/C36H65NO7.C33H61NO7/c1-6-9-11-13-15-17-18-20-22-24-29(38)27-31(39)37-32-34(40-26-23-21-19-16-14-12-10-7-2)33-30(28-42-36(4,5)44-33)43-35(32)41-25-8-3;1-4-7-9-11-13-15-16-18-20-22-27(36)25-29(37)34-30-32(39-24-21-19-17-14-12-10-8-5-2)31(38)28(26-35)41-33(30)40-23-6-3/h8,25,30,32-35H,6-7,9-24,26-28H2,1-5H3,(H,37,39);6,23,28,30-33,35,38H,4-5,7-22,24-26H2,1-3H3,(H,34,37)/b25-8-;23-6-/t30-,32-,33-,34-,35+;28-,30-,31-,32-,33+/m11/s1. The van der Waals surface area contributed by atoms with Crippen LogP contribution in [-0.2, 0) is 57.1 Å². The predicted molar refractivity (Wildman–Crippen MR) is 339 cm³/mol. The Morgan fingerprint density at radius 2 is 0.859 bits per heavy atom. The summed E-state index contributed by atoms with van der Waals surface area (Å²) in [6, 6.07) is -1.46. The molecule has 85 heavy (non-hydrogen) atoms. The second-order valence-electron chi connectivity index (χ2n) is 24.7. The Hall–Kier alpha value is -2.96. The van der Waals surface area contributed by atoms with Crippen molar-refractivity contribution in [2.75, 3.05) is 26.4 Å². The molecule has 0 aromatic heterocycles. The Bertz CT molecular complexity index is 1730. The zero-order valence-corrected chi connectivity index (χ0v) is 55.1. The van der Waals surface area contributed by atoms with Gasteiger partial charge in [0.1, 0.15) is 60.3 Å². The lowest BCUT2D eigenvalue weighted by molar-refractivity contribution is -0.368. The molecule has 4 N–H and O–H groups in total. The van der Waals surface area contributed by atoms with Gasteiger partial charge in [0.05, 0.1) is 38.6 Å². The summed E-state index contributed by atoms with van der Waals surface area (Å²) in [5.41, 5.74) is 0. The molecule has 3 saturated heterocycles. The molecule has 0 aliphatic carbocycles. The van der Waals surface area contributed by atoms with Gasteiger partial charge in [0, 0.05) is 26.1 Å². The zero-order chi connectivity index (χ0) is 62.2. The molecule has 3 rings (SSSR count). The second-order valence-corrected chi connectivity index (χ2v) is 24.7. The number of nitrogens with one attached hydrogen (secondary N) is 2. The second kappa shape index (κ2) is 50.9. The van der Waals surface area contributed by atoms with E-state index in [1.54, 1.807) is 25.3 Å². The average molecular weight is 1210 g/mol. The van der Waals surface area contributed by atoms with Crippen LogP contribution in [0.5, 0.6) is 0 Å². The van der Waals surface area contributed by atoms with Crippen LogP contribution in [0.4, 0.5) is 0 Å². The molecular weight excluding hydrogens is 1080 g/mol. The van der Waals surface area contributed by atoms with E-state index in [4.69, 9.17) is 37.9 Å². The van der Waals surface area contributed by atoms with E-state index in [9.17, 15) is 29.4 Å². The number of carbonyl (C=O) groups excluding carboxylic acids is 4. The van der Waals surface area contributed by atoms with Gasteiger partial charge >= 0.3 is 0 Å². The van der Waals surface area contributed by atoms with Gasteiger partial charge in [-0.3, -0.25) is 19.2 Å². The van der Waals surface area contributed by atoms with E-state index in [2.05, 4.69) is 38.3 Å². The third-order valence-electron chi connectivity index (χ3n) is 16.3. The number of aliphatic hydroxyl groups is 2. The fourth-order valence-electron chi connectivity index (χ4n) is 11.3. The van der Waals surface area contributed by atoms with Crippen LogP contribution in [0.2, 0.25) is 0 Å². The van der Waals surface area contributed by atoms with Crippen molar-refractivity contribution in [3.05, 3.63) is 24.7 Å². The molecule has 10 atom stereocenters. The van der Waals surface area contributed by atoms with Gasteiger partial charge in [-0.1, -0.05) is 232 Å². The molecule has 0 radical (unpaired) electrons. The van der Waals surface area contributed by atoms with Crippen molar-refractivity contribution in [1.29, 1.82) is 0 Å². The maximum absolute atomic E-state index is 13.2. The predicted octanol–water partition coefficient (Wildman–Crippen LogP) is 14.8. The van der Waals surface area contributed by atoms with Crippen molar-refractivity contribution >= 4 is 23.4 Å². The minimum absolute atomic E-state index is 0.0363. The van der Waals surface area contributed by atoms with Crippen molar-refractivity contribution in [2.24, 2.45) is 0 Å². The molecule has 16 heteroatoms. The van der Waals surface area contributed by atoms with Gasteiger partial charge in [-0.2, -0.15) is 0 Å². The van der Waals surface area contributed by atoms with Crippen LogP contribution in [0, 0.1) is 0 Å². The maximum Gasteiger partial charge on any atom is 0.227 e. The van der Waals surface area contributed by atoms with Gasteiger partial charge in [0.25, 0.3) is 0 Å². The fourth-order valence-corrected chi connectivity index (χ4v) is 11.3. The Morgan fingerprint density at radius 1 is 0.506 bits per heavy atom. The number of ether oxygens (including phenoxy) is 8. The lowest BCUT2D eigenvalue weighted by Gasteiger charge is -2.50. The third-order valence-corrected chi connectivity index (χ3v) is 16.3. The SMILES string of the molecule is C/C=C\O[C@H]1O[C@@H]2COC(C)(C)O[C@H]2[C@H](OCCCCCCCCCC)[C@H]1NC(=O)CC(=O)CCCCCCCCCCC.C/C=C\O[C@H]1O[C@H](CO)[C@@H](O)[C@H](OCCCCCCCCCC)[C@H]1NC(=O)CC(=O)CCCCCCCCCCC. The van der Waals surface area contributed by atoms with E-state index < -0.39 is 79.6 Å². The molecular formula is C69H126N2O14. The van der Waals surface area contributed by atoms with Crippen molar-refractivity contribution in [3.63, 3.8) is 0 Å². The molecule has 0 spiro atoms. The monoisotopic (exact) mass is 1210 g/mol. The smallest absolute Gasteiger partial charge is 0.227 e. The zero-order valence-electron chi connectivity index (χ0n) is 55.1. The number of rotatable bonds is 51. The summed E-state index contributed by atoms with van der Waals surface area (Å²) < 4.78 is 48.4. The third kappa shape index (κ3) is 36.3. The topological polar surface area (TPSA) is 207 Å². The lowest BCUT2D eigenvalue weighted by atomic mass is 9.94. The maximum atomic E-state index is 13.2. The molecule has 0 bridgehead atoms. The highest BCUT2D eigenvalue weighted by Gasteiger charge is 2.53. The van der Waals surface area contributed by atoms with Crippen molar-refractivity contribution in [3.8, 4) is 0 Å². The average Bonchev–Trinajstić information content (AvgIpc) is 2.13. The Balaban J connectivity index is 0.000000582. The molecule has 0 saturated carbocycles. The molecule has 0 aromatic carbocycles. The number of carbonyl (C=O) groups is 4. The Kier molecular flexibility index (Phi) is 46.7. The van der Waals surface area contributed by atoms with Gasteiger partial charge in [0.15, 0.2) is 5.79 Å². The van der Waals surface area contributed by atoms with Crippen molar-refractivity contribution in [2.45, 2.75) is 366 Å². The number of hydrogen-bond acceptors (Lipinski definition) is 14. The molecule has 0 aromatic rings. The van der Waals surface area contributed by atoms with Gasteiger partial charge in [0.2, 0.25) is 24.4 Å². The number of ketones is 2. The quantitative estimate of drug-likeness (QED) is 0.0254. The highest BCUT2D eigenvalue weighted by molar-refractivity contribution is 5.98. The van der Waals surface area contributed by atoms with Gasteiger partial charge in [-0.25, -0.2) is 0 Å². The highest BCUT2D eigenvalue weighted by atomic mass is 16.8. The van der Waals surface area contributed by atoms with E-state index in [1.807, 2.05) is 20.8 Å². The normalized spacial score (nSPS) is 23.7. The van der Waals surface area contributed by atoms with Crippen LogP contribution >= 0.6 is 0 Å². The first-order chi connectivity index (χ1) is 41.3. The van der Waals surface area contributed by atoms with Crippen molar-refractivity contribution < 1.29 is 67.3 Å². The van der Waals surface area contributed by atoms with Crippen molar-refractivity contribution in [1.82, 2.24) is 10.6 Å². The van der Waals surface area contributed by atoms with Crippen LogP contribution in [0.25, 0.3) is 0 Å². The summed E-state index contributed by atoms with van der Waals surface area (Å²) in [6.45, 7) is 17.2. The summed E-state index contributed by atoms with van der Waals surface area (Å²) in [5, 5.41) is 26.6. The number of allylic oxidation sites excluding steroid dienone is 2. The largest absolute Gasteiger partial charge is 0.471 e. The van der Waals surface area contributed by atoms with Crippen LogP contribution < -0.4 is 10.6 Å². The fraction of sp³-hybridized carbons (Fsp3) is 0.884. The summed E-state index contributed by atoms with van der Waals surface area (Å²) in [6.07, 6.45) is 41.0. The van der Waals surface area contributed by atoms with Crippen LogP contribution in [0.3, 0.4) is 0 Å². The number of aliphatic hydroxyl groups excluding tert-OH is 2. The van der Waals surface area contributed by atoms with Gasteiger partial charge in [-0.05, 0) is 53.4 Å². The van der Waals surface area contributed by atoms with Crippen LogP contribution in [0.1, 0.15) is 299 Å². The number of hydrogen-bond donors (Lipinski definition) is 4. The molecule has 0 unspecified atom stereocenters. The molecule has 16 nitrogen and oxygen atoms in total. The van der Waals surface area contributed by atoms with E-state index in [1.165, 1.54) is 154 Å². The Labute approximate surface area is 516 Å². The van der Waals surface area contributed by atoms with Crippen LogP contribution in [0.15, 0.2) is 24.7 Å². The van der Waals surface area contributed by atoms with Crippen LogP contribution in [-0.4, -0.2) is 127 Å². The highest BCUT2D eigenvalue weighted by Crippen LogP contribution is 2.35. The Morgan fingerprint density at radius 3 is 1.25 bits per heavy atom. The molecule has 3 heterocycles. The minimum atomic E-state index is -1.15. The van der Waals surface area contributed by atoms with E-state index in [-0.39, 0.29) is 30.3 Å². The number of fused-ring (bicyclic) bond motifs is 1. The summed E-state index contributed by atoms with van der Waals surface area (Å²) in [7, 11) is 0. The first kappa shape index (κ1) is 78.1. The molecule has 496 valence electrons. The summed E-state index contributed by atoms with van der Waals surface area (Å²) in [5.74, 6) is -1.71. The number of amides is 2. The first-order valence-electron chi connectivity index (χ1n) is 34.6. The first-order valence-corrected chi connectivity index (χ1v) is 34.6. The summed E-state index contributed by atoms with van der Waals surface area (Å²) in [4.78, 5) is 51.3. The van der Waals surface area contributed by atoms with E-state index in [0.29, 0.717) is 32.7 Å². The minimum Gasteiger partial charge on any atom is -0.471 e. The molecule has 3 fully saturated rings. The molecule has 3 aliphatic rings. The van der Waals surface area contributed by atoms with Gasteiger partial charge in [-0.15, -0.1) is 0 Å². The molecule has 3 aliphatic heterocycles. The number of Topliss-reactive ketones (excluding diaryl/α,β-unsaturated/α-hetero) is 2. The lowest BCUT2D eigenvalue weighted by Crippen LogP contribution is -2.69. The number of unbranched alkanes of at least 4 members (excludes halogenated alkanes) is 30. The van der Waals surface area contributed by atoms with E-state index >= 15 is 0 Å². The summed E-state index contributed by atoms with van der Waals surface area (Å²) >= 11 is 0. The molecule has 2 amide bonds. The van der Waals surface area contributed by atoms with Gasteiger partial charge < -0.3 is 58.7 Å². The van der Waals surface area contributed by atoms with E-state index in [0.717, 1.165) is 70.6 Å².